The van der Waals surface area contributed by atoms with Crippen LogP contribution < -0.4 is 4.74 Å². The summed E-state index contributed by atoms with van der Waals surface area (Å²) in [5.74, 6) is 1.37. The summed E-state index contributed by atoms with van der Waals surface area (Å²) in [5.41, 5.74) is 1.04. The fourth-order valence-electron chi connectivity index (χ4n) is 3.50. The monoisotopic (exact) mass is 410 g/mol. The first kappa shape index (κ1) is 18.3. The Bertz CT molecular complexity index is 1370. The second-order valence-corrected chi connectivity index (χ2v) is 7.22. The lowest BCUT2D eigenvalue weighted by Crippen LogP contribution is -2.04. The van der Waals surface area contributed by atoms with Gasteiger partial charge in [-0.05, 0) is 52.0 Å². The lowest BCUT2D eigenvalue weighted by molar-refractivity contribution is 0.290. The molecule has 0 radical (unpaired) electrons. The lowest BCUT2D eigenvalue weighted by atomic mass is 9.97. The van der Waals surface area contributed by atoms with Crippen molar-refractivity contribution in [3.05, 3.63) is 101 Å². The number of nitrogens with zero attached hydrogens (tertiary/aromatic N) is 3. The zero-order valence-electron chi connectivity index (χ0n) is 16.0. The van der Waals surface area contributed by atoms with Crippen LogP contribution in [-0.2, 0) is 6.61 Å². The average Bonchev–Trinajstić information content (AvgIpc) is 3.15. The number of nitrogens with one attached hydrogen (secondary N) is 1. The van der Waals surface area contributed by atoms with E-state index in [1.165, 1.54) is 10.8 Å². The van der Waals surface area contributed by atoms with Crippen molar-refractivity contribution in [1.29, 1.82) is 0 Å². The van der Waals surface area contributed by atoms with E-state index in [0.29, 0.717) is 10.6 Å². The zero-order valence-corrected chi connectivity index (χ0v) is 16.8. The number of fused-ring (bicyclic) bond motifs is 2. The molecule has 5 aromatic rings. The van der Waals surface area contributed by atoms with Gasteiger partial charge in [-0.1, -0.05) is 66.7 Å². The molecule has 5 rings (SSSR count). The number of rotatable bonds is 5. The molecule has 0 aliphatic carbocycles. The predicted molar refractivity (Wildman–Crippen MR) is 123 cm³/mol. The quantitative estimate of drug-likeness (QED) is 0.229. The Kier molecular flexibility index (Phi) is 4.83. The second kappa shape index (κ2) is 7.93. The largest absolute Gasteiger partial charge is 0.486 e. The van der Waals surface area contributed by atoms with Crippen LogP contribution in [0.2, 0.25) is 0 Å². The summed E-state index contributed by atoms with van der Waals surface area (Å²) in [6.45, 7) is 0.255. The summed E-state index contributed by atoms with van der Waals surface area (Å²) in [4.78, 5) is 0. The summed E-state index contributed by atoms with van der Waals surface area (Å²) < 4.78 is 7.84. The number of hydrogen-bond acceptors (Lipinski definition) is 4. The molecular formula is C24H18N4OS. The van der Waals surface area contributed by atoms with Gasteiger partial charge >= 0.3 is 0 Å². The van der Waals surface area contributed by atoms with Gasteiger partial charge in [0.2, 0.25) is 4.77 Å². The summed E-state index contributed by atoms with van der Waals surface area (Å²) in [6, 6.07) is 28.4. The van der Waals surface area contributed by atoms with E-state index in [0.717, 1.165) is 22.1 Å². The minimum atomic E-state index is 0.255. The van der Waals surface area contributed by atoms with Gasteiger partial charge in [-0.2, -0.15) is 14.9 Å². The maximum Gasteiger partial charge on any atom is 0.216 e. The first-order valence-corrected chi connectivity index (χ1v) is 9.99. The topological polar surface area (TPSA) is 55.2 Å². The molecular weight excluding hydrogens is 392 g/mol. The Hall–Kier alpha value is -3.77. The molecule has 5 nitrogen and oxygen atoms in total. The third-order valence-electron chi connectivity index (χ3n) is 4.94. The molecule has 1 aromatic heterocycles. The number of benzene rings is 4. The number of H-pyrrole nitrogens is 1. The zero-order chi connectivity index (χ0) is 20.3. The van der Waals surface area contributed by atoms with E-state index in [1.807, 2.05) is 60.8 Å². The smallest absolute Gasteiger partial charge is 0.216 e. The minimum absolute atomic E-state index is 0.255. The van der Waals surface area contributed by atoms with Crippen molar-refractivity contribution in [3.8, 4) is 5.75 Å². The summed E-state index contributed by atoms with van der Waals surface area (Å²) >= 11 is 5.39. The normalized spacial score (nSPS) is 11.5. The average molecular weight is 411 g/mol. The minimum Gasteiger partial charge on any atom is -0.486 e. The molecule has 0 aliphatic heterocycles. The van der Waals surface area contributed by atoms with Crippen molar-refractivity contribution >= 4 is 40.0 Å². The summed E-state index contributed by atoms with van der Waals surface area (Å²) in [6.07, 6.45) is 1.85. The maximum absolute atomic E-state index is 5.82. The Labute approximate surface area is 178 Å². The van der Waals surface area contributed by atoms with Crippen LogP contribution in [0.4, 0.5) is 0 Å². The van der Waals surface area contributed by atoms with Gasteiger partial charge in [0, 0.05) is 5.56 Å². The van der Waals surface area contributed by atoms with E-state index in [9.17, 15) is 0 Å². The number of ether oxygens (including phenoxy) is 1. The van der Waals surface area contributed by atoms with Crippen molar-refractivity contribution in [3.63, 3.8) is 0 Å². The number of para-hydroxylation sites is 1. The standard InChI is InChI=1S/C24H18N4OS/c30-24-27-26-23(16-29-19-10-2-1-3-11-19)28(24)25-15-22-20-12-6-4-8-17(20)14-18-9-5-7-13-21(18)22/h1-15H,16H2,(H,27,30). The van der Waals surface area contributed by atoms with Crippen LogP contribution in [0.15, 0.2) is 90.0 Å². The highest BCUT2D eigenvalue weighted by molar-refractivity contribution is 7.71. The molecule has 146 valence electrons. The van der Waals surface area contributed by atoms with Gasteiger partial charge in [0.05, 0.1) is 6.21 Å². The van der Waals surface area contributed by atoms with Gasteiger partial charge in [0.25, 0.3) is 0 Å². The van der Waals surface area contributed by atoms with Crippen LogP contribution in [0.3, 0.4) is 0 Å². The molecule has 0 spiro atoms. The third kappa shape index (κ3) is 3.49. The van der Waals surface area contributed by atoms with Gasteiger partial charge in [-0.25, -0.2) is 5.10 Å². The molecule has 0 unspecified atom stereocenters. The first-order chi connectivity index (χ1) is 14.8. The van der Waals surface area contributed by atoms with Crippen LogP contribution in [0.25, 0.3) is 21.5 Å². The third-order valence-corrected chi connectivity index (χ3v) is 5.21. The molecule has 0 atom stereocenters. The molecule has 1 N–H and O–H groups in total. The van der Waals surface area contributed by atoms with Gasteiger partial charge in [-0.3, -0.25) is 0 Å². The number of aromatic nitrogens is 3. The molecule has 0 amide bonds. The van der Waals surface area contributed by atoms with E-state index in [4.69, 9.17) is 17.0 Å². The van der Waals surface area contributed by atoms with Crippen LogP contribution in [0.1, 0.15) is 11.4 Å². The van der Waals surface area contributed by atoms with Gasteiger partial charge < -0.3 is 4.74 Å². The Morgan fingerprint density at radius 3 is 2.23 bits per heavy atom. The fraction of sp³-hybridized carbons (Fsp3) is 0.0417. The maximum atomic E-state index is 5.82. The first-order valence-electron chi connectivity index (χ1n) is 9.58. The molecule has 4 aromatic carbocycles. The highest BCUT2D eigenvalue weighted by atomic mass is 32.1. The molecule has 6 heteroatoms. The van der Waals surface area contributed by atoms with E-state index >= 15 is 0 Å². The van der Waals surface area contributed by atoms with Gasteiger partial charge in [0.1, 0.15) is 12.4 Å². The van der Waals surface area contributed by atoms with E-state index < -0.39 is 0 Å². The second-order valence-electron chi connectivity index (χ2n) is 6.84. The van der Waals surface area contributed by atoms with Crippen molar-refractivity contribution in [2.24, 2.45) is 5.10 Å². The molecule has 0 bridgehead atoms. The highest BCUT2D eigenvalue weighted by Crippen LogP contribution is 2.27. The SMILES string of the molecule is S=c1[nH]nc(COc2ccccc2)n1N=Cc1c2ccccc2cc2ccccc12. The Morgan fingerprint density at radius 1 is 0.900 bits per heavy atom. The lowest BCUT2D eigenvalue weighted by Gasteiger charge is -2.08. The van der Waals surface area contributed by atoms with Gasteiger partial charge in [0.15, 0.2) is 5.82 Å². The number of aromatic amines is 1. The number of hydrogen-bond donors (Lipinski definition) is 1. The van der Waals surface area contributed by atoms with Crippen LogP contribution >= 0.6 is 12.2 Å². The summed E-state index contributed by atoms with van der Waals surface area (Å²) in [7, 11) is 0. The van der Waals surface area contributed by atoms with E-state index in [2.05, 4.69) is 45.6 Å². The van der Waals surface area contributed by atoms with Crippen molar-refractivity contribution in [2.75, 3.05) is 0 Å². The van der Waals surface area contributed by atoms with Crippen LogP contribution in [0.5, 0.6) is 5.75 Å². The van der Waals surface area contributed by atoms with Crippen molar-refractivity contribution < 1.29 is 4.74 Å². The Morgan fingerprint density at radius 2 is 1.53 bits per heavy atom. The fourth-order valence-corrected chi connectivity index (χ4v) is 3.70. The molecule has 0 fully saturated rings. The Balaban J connectivity index is 1.55. The van der Waals surface area contributed by atoms with Crippen molar-refractivity contribution in [2.45, 2.75) is 6.61 Å². The summed E-state index contributed by atoms with van der Waals surface area (Å²) in [5, 5.41) is 16.4. The highest BCUT2D eigenvalue weighted by Gasteiger charge is 2.08. The molecule has 0 saturated heterocycles. The predicted octanol–water partition coefficient (Wildman–Crippen LogP) is 5.71. The molecule has 0 saturated carbocycles. The van der Waals surface area contributed by atoms with Gasteiger partial charge in [-0.15, -0.1) is 0 Å². The molecule has 0 aliphatic rings. The van der Waals surface area contributed by atoms with E-state index in [1.54, 1.807) is 4.68 Å². The van der Waals surface area contributed by atoms with Crippen LogP contribution in [-0.4, -0.2) is 21.1 Å². The van der Waals surface area contributed by atoms with E-state index in [-0.39, 0.29) is 6.61 Å². The molecule has 30 heavy (non-hydrogen) atoms. The van der Waals surface area contributed by atoms with Crippen molar-refractivity contribution in [1.82, 2.24) is 14.9 Å². The molecule has 1 heterocycles. The van der Waals surface area contributed by atoms with Crippen LogP contribution in [0, 0.1) is 4.77 Å².